The fraction of sp³-hybridized carbons (Fsp3) is 0.211. The molecule has 0 spiro atoms. The molecule has 120 valence electrons. The van der Waals surface area contributed by atoms with Crippen LogP contribution in [0.4, 0.5) is 13.2 Å². The molecule has 1 N–H and O–H groups in total. The van der Waals surface area contributed by atoms with Crippen LogP contribution in [0.3, 0.4) is 0 Å². The number of aromatic amines is 1. The highest BCUT2D eigenvalue weighted by molar-refractivity contribution is 5.93. The molecule has 0 amide bonds. The van der Waals surface area contributed by atoms with Crippen LogP contribution in [-0.2, 0) is 5.41 Å². The van der Waals surface area contributed by atoms with Crippen molar-refractivity contribution in [3.8, 4) is 17.3 Å². The number of nitrogens with zero attached hydrogens (tertiary/aromatic N) is 1. The normalized spacial score (nSPS) is 15.9. The lowest BCUT2D eigenvalue weighted by Crippen LogP contribution is -2.32. The van der Waals surface area contributed by atoms with E-state index in [9.17, 15) is 18.4 Å². The van der Waals surface area contributed by atoms with Crippen molar-refractivity contribution >= 4 is 10.9 Å². The Bertz CT molecular complexity index is 976. The molecule has 2 aromatic carbocycles. The molecule has 0 radical (unpaired) electrons. The largest absolute Gasteiger partial charge is 0.352 e. The van der Waals surface area contributed by atoms with Crippen LogP contribution in [0.25, 0.3) is 22.2 Å². The third-order valence-electron chi connectivity index (χ3n) is 4.86. The summed E-state index contributed by atoms with van der Waals surface area (Å²) in [6.07, 6.45) is 2.17. The van der Waals surface area contributed by atoms with Crippen molar-refractivity contribution in [2.45, 2.75) is 24.7 Å². The Labute approximate surface area is 136 Å². The second-order valence-corrected chi connectivity index (χ2v) is 6.24. The summed E-state index contributed by atoms with van der Waals surface area (Å²) >= 11 is 0. The molecule has 1 aliphatic rings. The topological polar surface area (TPSA) is 39.6 Å². The Kier molecular flexibility index (Phi) is 3.17. The predicted octanol–water partition coefficient (Wildman–Crippen LogP) is 5.20. The van der Waals surface area contributed by atoms with Gasteiger partial charge in [0.1, 0.15) is 17.5 Å². The first-order chi connectivity index (χ1) is 11.5. The predicted molar refractivity (Wildman–Crippen MR) is 84.8 cm³/mol. The van der Waals surface area contributed by atoms with E-state index in [4.69, 9.17) is 0 Å². The van der Waals surface area contributed by atoms with E-state index in [0.717, 1.165) is 12.5 Å². The van der Waals surface area contributed by atoms with Crippen LogP contribution < -0.4 is 0 Å². The highest BCUT2D eigenvalue weighted by Gasteiger charge is 2.43. The van der Waals surface area contributed by atoms with Crippen LogP contribution in [0, 0.1) is 28.8 Å². The lowest BCUT2D eigenvalue weighted by molar-refractivity contribution is 0.327. The van der Waals surface area contributed by atoms with Gasteiger partial charge in [0.15, 0.2) is 0 Å². The number of hydrogen-bond acceptors (Lipinski definition) is 1. The molecule has 0 bridgehead atoms. The molecule has 24 heavy (non-hydrogen) atoms. The third kappa shape index (κ3) is 2.03. The van der Waals surface area contributed by atoms with Gasteiger partial charge < -0.3 is 4.98 Å². The molecule has 3 aromatic rings. The van der Waals surface area contributed by atoms with E-state index in [2.05, 4.69) is 11.1 Å². The summed E-state index contributed by atoms with van der Waals surface area (Å²) in [5.74, 6) is -1.77. The molecule has 1 aliphatic carbocycles. The summed E-state index contributed by atoms with van der Waals surface area (Å²) in [5.41, 5.74) is 1.21. The molecule has 0 aliphatic heterocycles. The summed E-state index contributed by atoms with van der Waals surface area (Å²) in [4.78, 5) is 2.99. The second-order valence-electron chi connectivity index (χ2n) is 6.24. The Balaban J connectivity index is 2.07. The van der Waals surface area contributed by atoms with Gasteiger partial charge in [0, 0.05) is 17.0 Å². The fourth-order valence-corrected chi connectivity index (χ4v) is 3.50. The maximum absolute atomic E-state index is 14.2. The highest BCUT2D eigenvalue weighted by Crippen LogP contribution is 2.50. The van der Waals surface area contributed by atoms with E-state index in [1.54, 1.807) is 12.1 Å². The van der Waals surface area contributed by atoms with Crippen molar-refractivity contribution in [1.29, 1.82) is 5.26 Å². The van der Waals surface area contributed by atoms with Gasteiger partial charge in [-0.15, -0.1) is 0 Å². The summed E-state index contributed by atoms with van der Waals surface area (Å²) in [5, 5.41) is 10.1. The lowest BCUT2D eigenvalue weighted by Gasteiger charge is -2.36. The molecule has 0 unspecified atom stereocenters. The number of fused-ring (bicyclic) bond motifs is 1. The first-order valence-electron chi connectivity index (χ1n) is 7.72. The molecular formula is C19H13F3N2. The molecule has 0 atom stereocenters. The number of nitriles is 1. The van der Waals surface area contributed by atoms with Gasteiger partial charge in [-0.25, -0.2) is 13.2 Å². The van der Waals surface area contributed by atoms with Gasteiger partial charge in [-0.1, -0.05) is 0 Å². The minimum atomic E-state index is -0.762. The van der Waals surface area contributed by atoms with Gasteiger partial charge in [0.2, 0.25) is 0 Å². The van der Waals surface area contributed by atoms with Gasteiger partial charge >= 0.3 is 0 Å². The minimum Gasteiger partial charge on any atom is -0.352 e. The van der Waals surface area contributed by atoms with Gasteiger partial charge in [-0.3, -0.25) is 0 Å². The molecule has 1 heterocycles. The third-order valence-corrected chi connectivity index (χ3v) is 4.86. The Morgan fingerprint density at radius 1 is 1.00 bits per heavy atom. The average Bonchev–Trinajstić information content (AvgIpc) is 2.88. The number of aromatic nitrogens is 1. The molecular weight excluding hydrogens is 313 g/mol. The standard InChI is InChI=1S/C19H13F3N2/c20-12-4-2-11(3-5-12)17-16(19(10-23)6-1-7-19)14-8-13(21)9-15(22)18(14)24-17/h2-5,8-9,24H,1,6-7H2. The summed E-state index contributed by atoms with van der Waals surface area (Å²) < 4.78 is 41.2. The van der Waals surface area contributed by atoms with E-state index in [0.29, 0.717) is 35.0 Å². The van der Waals surface area contributed by atoms with Crippen LogP contribution in [0.1, 0.15) is 24.8 Å². The smallest absolute Gasteiger partial charge is 0.150 e. The maximum Gasteiger partial charge on any atom is 0.150 e. The Morgan fingerprint density at radius 3 is 2.29 bits per heavy atom. The number of H-pyrrole nitrogens is 1. The van der Waals surface area contributed by atoms with Gasteiger partial charge in [-0.05, 0) is 55.2 Å². The van der Waals surface area contributed by atoms with Crippen molar-refractivity contribution in [2.75, 3.05) is 0 Å². The summed E-state index contributed by atoms with van der Waals surface area (Å²) in [6.45, 7) is 0. The maximum atomic E-state index is 14.2. The van der Waals surface area contributed by atoms with Gasteiger partial charge in [-0.2, -0.15) is 5.26 Å². The first kappa shape index (κ1) is 14.8. The van der Waals surface area contributed by atoms with Gasteiger partial charge in [0.05, 0.1) is 22.7 Å². The van der Waals surface area contributed by atoms with Gasteiger partial charge in [0.25, 0.3) is 0 Å². The number of nitrogens with one attached hydrogen (secondary N) is 1. The van der Waals surface area contributed by atoms with Crippen molar-refractivity contribution in [2.24, 2.45) is 0 Å². The Morgan fingerprint density at radius 2 is 1.71 bits per heavy atom. The fourth-order valence-electron chi connectivity index (χ4n) is 3.50. The van der Waals surface area contributed by atoms with Crippen molar-refractivity contribution in [1.82, 2.24) is 4.98 Å². The van der Waals surface area contributed by atoms with Crippen LogP contribution in [0.2, 0.25) is 0 Å². The Hall–Kier alpha value is -2.74. The summed E-state index contributed by atoms with van der Waals surface area (Å²) in [7, 11) is 0. The monoisotopic (exact) mass is 326 g/mol. The lowest BCUT2D eigenvalue weighted by atomic mass is 9.64. The van der Waals surface area contributed by atoms with E-state index in [1.165, 1.54) is 18.2 Å². The van der Waals surface area contributed by atoms with Crippen LogP contribution in [-0.4, -0.2) is 4.98 Å². The first-order valence-corrected chi connectivity index (χ1v) is 7.72. The highest BCUT2D eigenvalue weighted by atomic mass is 19.1. The van der Waals surface area contributed by atoms with Crippen LogP contribution in [0.5, 0.6) is 0 Å². The van der Waals surface area contributed by atoms with Crippen molar-refractivity contribution < 1.29 is 13.2 Å². The minimum absolute atomic E-state index is 0.173. The molecule has 2 nitrogen and oxygen atoms in total. The zero-order valence-electron chi connectivity index (χ0n) is 12.7. The SMILES string of the molecule is N#CC1(c2c(-c3ccc(F)cc3)[nH]c3c(F)cc(F)cc23)CCC1. The number of rotatable bonds is 2. The molecule has 5 heteroatoms. The zero-order chi connectivity index (χ0) is 16.9. The van der Waals surface area contributed by atoms with Crippen LogP contribution in [0.15, 0.2) is 36.4 Å². The molecule has 1 saturated carbocycles. The second kappa shape index (κ2) is 5.13. The summed E-state index contributed by atoms with van der Waals surface area (Å²) in [6, 6.07) is 10.2. The molecule has 4 rings (SSSR count). The molecule has 1 fully saturated rings. The number of benzene rings is 2. The van der Waals surface area contributed by atoms with E-state index < -0.39 is 17.0 Å². The van der Waals surface area contributed by atoms with Crippen molar-refractivity contribution in [3.05, 3.63) is 59.4 Å². The molecule has 1 aromatic heterocycles. The number of hydrogen-bond donors (Lipinski definition) is 1. The molecule has 0 saturated heterocycles. The number of halogens is 3. The average molecular weight is 326 g/mol. The quantitative estimate of drug-likeness (QED) is 0.691. The van der Waals surface area contributed by atoms with E-state index >= 15 is 0 Å². The van der Waals surface area contributed by atoms with Crippen LogP contribution >= 0.6 is 0 Å². The van der Waals surface area contributed by atoms with E-state index in [1.807, 2.05) is 0 Å². The zero-order valence-corrected chi connectivity index (χ0v) is 12.7. The van der Waals surface area contributed by atoms with E-state index in [-0.39, 0.29) is 11.3 Å². The van der Waals surface area contributed by atoms with Crippen molar-refractivity contribution in [3.63, 3.8) is 0 Å².